The van der Waals surface area contributed by atoms with Crippen LogP contribution in [0.2, 0.25) is 0 Å². The Bertz CT molecular complexity index is 630. The minimum absolute atomic E-state index is 0.377. The number of aromatic nitrogens is 1. The van der Waals surface area contributed by atoms with Crippen LogP contribution in [0.15, 0.2) is 30.3 Å². The molecule has 0 saturated heterocycles. The molecule has 1 aromatic heterocycles. The molecule has 92 valence electrons. The summed E-state index contributed by atoms with van der Waals surface area (Å²) >= 11 is 0. The molecule has 1 aromatic carbocycles. The number of carbonyl (C=O) groups excluding carboxylic acids is 1. The summed E-state index contributed by atoms with van der Waals surface area (Å²) in [5.74, 6) is -0.377. The molecule has 0 aliphatic heterocycles. The Kier molecular flexibility index (Phi) is 3.42. The molecule has 0 spiro atoms. The quantitative estimate of drug-likeness (QED) is 0.599. The lowest BCUT2D eigenvalue weighted by Gasteiger charge is -2.04. The summed E-state index contributed by atoms with van der Waals surface area (Å²) < 4.78 is 4.55. The van der Waals surface area contributed by atoms with Crippen molar-refractivity contribution >= 4 is 22.9 Å². The maximum absolute atomic E-state index is 11.0. The van der Waals surface area contributed by atoms with Crippen molar-refractivity contribution in [2.24, 2.45) is 0 Å². The van der Waals surface area contributed by atoms with Crippen LogP contribution in [0.25, 0.3) is 17.0 Å². The van der Waals surface area contributed by atoms with Gasteiger partial charge >= 0.3 is 5.97 Å². The molecule has 0 unspecified atom stereocenters. The van der Waals surface area contributed by atoms with Gasteiger partial charge < -0.3 is 4.74 Å². The van der Waals surface area contributed by atoms with Gasteiger partial charge in [0.05, 0.1) is 18.3 Å². The second-order valence-electron chi connectivity index (χ2n) is 4.25. The monoisotopic (exact) mass is 241 g/mol. The summed E-state index contributed by atoms with van der Waals surface area (Å²) in [6.07, 6.45) is 3.03. The zero-order chi connectivity index (χ0) is 13.1. The fraction of sp³-hybridized carbons (Fsp3) is 0.200. The highest BCUT2D eigenvalue weighted by atomic mass is 16.5. The van der Waals surface area contributed by atoms with Gasteiger partial charge in [-0.2, -0.15) is 0 Å². The van der Waals surface area contributed by atoms with Crippen molar-refractivity contribution in [2.75, 3.05) is 7.11 Å². The summed E-state index contributed by atoms with van der Waals surface area (Å²) in [6.45, 7) is 4.10. The lowest BCUT2D eigenvalue weighted by atomic mass is 10.1. The van der Waals surface area contributed by atoms with Gasteiger partial charge in [-0.3, -0.25) is 0 Å². The first-order valence-electron chi connectivity index (χ1n) is 5.74. The van der Waals surface area contributed by atoms with Gasteiger partial charge in [-0.15, -0.1) is 0 Å². The van der Waals surface area contributed by atoms with E-state index in [1.165, 1.54) is 18.7 Å². The molecular weight excluding hydrogens is 226 g/mol. The van der Waals surface area contributed by atoms with E-state index >= 15 is 0 Å². The van der Waals surface area contributed by atoms with E-state index in [2.05, 4.69) is 28.8 Å². The van der Waals surface area contributed by atoms with Crippen LogP contribution < -0.4 is 0 Å². The molecule has 18 heavy (non-hydrogen) atoms. The van der Waals surface area contributed by atoms with Crippen molar-refractivity contribution in [3.05, 3.63) is 47.2 Å². The highest BCUT2D eigenvalue weighted by Gasteiger charge is 2.01. The van der Waals surface area contributed by atoms with E-state index in [-0.39, 0.29) is 5.97 Å². The number of methoxy groups -OCH3 is 1. The fourth-order valence-electron chi connectivity index (χ4n) is 1.93. The molecule has 0 fully saturated rings. The minimum Gasteiger partial charge on any atom is -0.466 e. The molecule has 0 bridgehead atoms. The second kappa shape index (κ2) is 5.00. The molecule has 0 atom stereocenters. The largest absolute Gasteiger partial charge is 0.466 e. The predicted molar refractivity (Wildman–Crippen MR) is 72.3 cm³/mol. The third-order valence-corrected chi connectivity index (χ3v) is 2.74. The number of aryl methyl sites for hydroxylation is 2. The first-order valence-corrected chi connectivity index (χ1v) is 5.74. The molecule has 0 radical (unpaired) electrons. The average Bonchev–Trinajstić information content (AvgIpc) is 2.36. The summed E-state index contributed by atoms with van der Waals surface area (Å²) in [4.78, 5) is 15.6. The average molecular weight is 241 g/mol. The normalized spacial score (nSPS) is 11.1. The lowest BCUT2D eigenvalue weighted by molar-refractivity contribution is -0.134. The Balaban J connectivity index is 2.44. The zero-order valence-electron chi connectivity index (χ0n) is 10.7. The molecule has 0 amide bonds. The summed E-state index contributed by atoms with van der Waals surface area (Å²) in [5, 5.41) is 1.11. The van der Waals surface area contributed by atoms with Crippen LogP contribution in [0, 0.1) is 13.8 Å². The Hall–Kier alpha value is -2.16. The number of rotatable bonds is 2. The molecule has 1 heterocycles. The van der Waals surface area contributed by atoms with Crippen molar-refractivity contribution in [1.82, 2.24) is 4.98 Å². The number of hydrogen-bond donors (Lipinski definition) is 0. The number of pyridine rings is 1. The lowest BCUT2D eigenvalue weighted by Crippen LogP contribution is -1.94. The maximum atomic E-state index is 11.0. The number of nitrogens with zero attached hydrogens (tertiary/aromatic N) is 1. The van der Waals surface area contributed by atoms with Crippen LogP contribution >= 0.6 is 0 Å². The standard InChI is InChI=1S/C15H15NO2/c1-10-8-11(2)15-12(9-10)4-5-13(16-15)6-7-14(17)18-3/h4-9H,1-3H3/b7-6+. The van der Waals surface area contributed by atoms with Gasteiger partial charge in [-0.05, 0) is 37.6 Å². The summed E-state index contributed by atoms with van der Waals surface area (Å²) in [6, 6.07) is 8.10. The molecule has 0 saturated carbocycles. The Labute approximate surface area is 106 Å². The van der Waals surface area contributed by atoms with E-state index in [0.29, 0.717) is 0 Å². The van der Waals surface area contributed by atoms with Gasteiger partial charge in [-0.1, -0.05) is 17.7 Å². The summed E-state index contributed by atoms with van der Waals surface area (Å²) in [7, 11) is 1.35. The Morgan fingerprint density at radius 3 is 2.78 bits per heavy atom. The van der Waals surface area contributed by atoms with Crippen LogP contribution in [0.3, 0.4) is 0 Å². The van der Waals surface area contributed by atoms with Gasteiger partial charge in [0.1, 0.15) is 0 Å². The van der Waals surface area contributed by atoms with E-state index in [4.69, 9.17) is 0 Å². The molecule has 0 aliphatic carbocycles. The van der Waals surface area contributed by atoms with Crippen molar-refractivity contribution in [2.45, 2.75) is 13.8 Å². The van der Waals surface area contributed by atoms with Crippen molar-refractivity contribution in [1.29, 1.82) is 0 Å². The van der Waals surface area contributed by atoms with E-state index in [9.17, 15) is 4.79 Å². The topological polar surface area (TPSA) is 39.2 Å². The smallest absolute Gasteiger partial charge is 0.330 e. The van der Waals surface area contributed by atoms with Crippen molar-refractivity contribution in [3.63, 3.8) is 0 Å². The number of esters is 1. The Morgan fingerprint density at radius 1 is 1.28 bits per heavy atom. The number of hydrogen-bond acceptors (Lipinski definition) is 3. The van der Waals surface area contributed by atoms with Crippen LogP contribution in [-0.4, -0.2) is 18.1 Å². The highest BCUT2D eigenvalue weighted by molar-refractivity contribution is 5.88. The van der Waals surface area contributed by atoms with Crippen LogP contribution in [0.4, 0.5) is 0 Å². The minimum atomic E-state index is -0.377. The van der Waals surface area contributed by atoms with Crippen LogP contribution in [0.1, 0.15) is 16.8 Å². The second-order valence-corrected chi connectivity index (χ2v) is 4.25. The number of ether oxygens (including phenoxy) is 1. The number of carbonyl (C=O) groups is 1. The third kappa shape index (κ3) is 2.56. The molecule has 0 N–H and O–H groups in total. The summed E-state index contributed by atoms with van der Waals surface area (Å²) in [5.41, 5.74) is 4.07. The molecule has 2 rings (SSSR count). The van der Waals surface area contributed by atoms with Gasteiger partial charge in [0.25, 0.3) is 0 Å². The van der Waals surface area contributed by atoms with Gasteiger partial charge in [0.2, 0.25) is 0 Å². The van der Waals surface area contributed by atoms with Crippen LogP contribution in [0.5, 0.6) is 0 Å². The van der Waals surface area contributed by atoms with Crippen LogP contribution in [-0.2, 0) is 9.53 Å². The van der Waals surface area contributed by atoms with E-state index in [0.717, 1.165) is 22.2 Å². The fourth-order valence-corrected chi connectivity index (χ4v) is 1.93. The first-order chi connectivity index (χ1) is 8.60. The first kappa shape index (κ1) is 12.3. The van der Waals surface area contributed by atoms with Gasteiger partial charge in [0.15, 0.2) is 0 Å². The molecule has 2 aromatic rings. The molecular formula is C15H15NO2. The van der Waals surface area contributed by atoms with E-state index in [1.807, 2.05) is 19.1 Å². The molecule has 0 aliphatic rings. The maximum Gasteiger partial charge on any atom is 0.330 e. The van der Waals surface area contributed by atoms with E-state index < -0.39 is 0 Å². The molecule has 3 heteroatoms. The van der Waals surface area contributed by atoms with Gasteiger partial charge in [0, 0.05) is 11.5 Å². The third-order valence-electron chi connectivity index (χ3n) is 2.74. The molecule has 3 nitrogen and oxygen atoms in total. The predicted octanol–water partition coefficient (Wildman–Crippen LogP) is 3.04. The van der Waals surface area contributed by atoms with E-state index in [1.54, 1.807) is 6.08 Å². The van der Waals surface area contributed by atoms with Crippen molar-refractivity contribution in [3.8, 4) is 0 Å². The highest BCUT2D eigenvalue weighted by Crippen LogP contribution is 2.19. The van der Waals surface area contributed by atoms with Crippen molar-refractivity contribution < 1.29 is 9.53 Å². The number of benzene rings is 1. The number of fused-ring (bicyclic) bond motifs is 1. The zero-order valence-corrected chi connectivity index (χ0v) is 10.7. The SMILES string of the molecule is COC(=O)/C=C/c1ccc2cc(C)cc(C)c2n1. The van der Waals surface area contributed by atoms with Gasteiger partial charge in [-0.25, -0.2) is 9.78 Å². The Morgan fingerprint density at radius 2 is 2.06 bits per heavy atom.